The molecule has 0 atom stereocenters. The molecule has 3 nitrogen and oxygen atoms in total. The van der Waals surface area contributed by atoms with E-state index in [0.29, 0.717) is 6.42 Å². The number of nitrogens with zero attached hydrogens (tertiary/aromatic N) is 3. The van der Waals surface area contributed by atoms with Gasteiger partial charge in [0.15, 0.2) is 0 Å². The fourth-order valence-electron chi connectivity index (χ4n) is 7.23. The van der Waals surface area contributed by atoms with Crippen LogP contribution in [0.1, 0.15) is 262 Å². The third-order valence-corrected chi connectivity index (χ3v) is 10.5. The molecule has 1 aromatic rings. The summed E-state index contributed by atoms with van der Waals surface area (Å²) in [6.07, 6.45) is 53.6. The number of hydrogen-bond acceptors (Lipinski definition) is 3. The summed E-state index contributed by atoms with van der Waals surface area (Å²) in [7, 11) is 0. The Morgan fingerprint density at radius 3 is 0.667 bits per heavy atom. The van der Waals surface area contributed by atoms with Gasteiger partial charge in [-0.2, -0.15) is 0 Å². The molecule has 1 heterocycles. The number of aryl methyl sites for hydroxylation is 2. The lowest BCUT2D eigenvalue weighted by molar-refractivity contribution is 0.523. The maximum atomic E-state index is 4.86. The molecule has 281 valence electrons. The molecule has 0 bridgehead atoms. The summed E-state index contributed by atoms with van der Waals surface area (Å²) in [5.74, 6) is 2.91. The molecule has 0 saturated carbocycles. The highest BCUT2D eigenvalue weighted by Crippen LogP contribution is 2.17. The van der Waals surface area contributed by atoms with Crippen LogP contribution in [-0.2, 0) is 19.3 Å². The molecule has 0 aliphatic carbocycles. The van der Waals surface area contributed by atoms with E-state index in [0.717, 1.165) is 30.3 Å². The monoisotopic (exact) mass is 669 g/mol. The molecule has 0 amide bonds. The van der Waals surface area contributed by atoms with Crippen molar-refractivity contribution in [2.24, 2.45) is 0 Å². The molecule has 0 unspecified atom stereocenters. The maximum absolute atomic E-state index is 4.86. The second kappa shape index (κ2) is 37.3. The molecule has 1 aromatic heterocycles. The molecule has 0 N–H and O–H groups in total. The normalized spacial score (nSPS) is 11.6. The standard InChI is InChI=1S/C45H86N3/c1-4-7-9-11-13-15-17-19-21-23-25-27-29-31-33-35-37-39-41-44-46-43(6-3)47-45(48-44)42-40-38-36-34-32-30-28-26-24-22-20-18-16-14-12-10-8-5-2/h3-42H2,1-2H3. The van der Waals surface area contributed by atoms with Crippen molar-refractivity contribution in [1.29, 1.82) is 0 Å². The van der Waals surface area contributed by atoms with Crippen molar-refractivity contribution < 1.29 is 0 Å². The van der Waals surface area contributed by atoms with Crippen LogP contribution in [0, 0.1) is 6.92 Å². The first-order valence-corrected chi connectivity index (χ1v) is 22.3. The Kier molecular flexibility index (Phi) is 35.0. The molecular formula is C45H86N3. The Balaban J connectivity index is 1.93. The van der Waals surface area contributed by atoms with Gasteiger partial charge in [0, 0.05) is 19.3 Å². The Bertz CT molecular complexity index is 704. The molecule has 48 heavy (non-hydrogen) atoms. The largest absolute Gasteiger partial charge is 0.218 e. The highest BCUT2D eigenvalue weighted by molar-refractivity contribution is 4.99. The fourth-order valence-corrected chi connectivity index (χ4v) is 7.23. The molecule has 0 aromatic carbocycles. The van der Waals surface area contributed by atoms with Gasteiger partial charge in [0.05, 0.1) is 0 Å². The quantitative estimate of drug-likeness (QED) is 0.0655. The van der Waals surface area contributed by atoms with Crippen molar-refractivity contribution in [3.8, 4) is 0 Å². The van der Waals surface area contributed by atoms with E-state index in [-0.39, 0.29) is 0 Å². The number of rotatable bonds is 39. The van der Waals surface area contributed by atoms with Gasteiger partial charge in [-0.15, -0.1) is 0 Å². The molecule has 3 heteroatoms. The van der Waals surface area contributed by atoms with Gasteiger partial charge < -0.3 is 0 Å². The Morgan fingerprint density at radius 2 is 0.458 bits per heavy atom. The van der Waals surface area contributed by atoms with Crippen LogP contribution in [0.15, 0.2) is 0 Å². The number of unbranched alkanes of at least 4 members (excludes halogenated alkanes) is 34. The lowest BCUT2D eigenvalue weighted by Gasteiger charge is -2.07. The molecule has 0 spiro atoms. The van der Waals surface area contributed by atoms with E-state index in [4.69, 9.17) is 15.0 Å². The Morgan fingerprint density at radius 1 is 0.271 bits per heavy atom. The third kappa shape index (κ3) is 31.0. The molecule has 0 aliphatic heterocycles. The SMILES string of the molecule is [CH2]Cc1nc(CCCCCCCCCCCCCCCCCCCC)nc(CCCCCCCCCCCCCCCCCCCC)n1. The summed E-state index contributed by atoms with van der Waals surface area (Å²) in [6, 6.07) is 0. The average molecular weight is 669 g/mol. The average Bonchev–Trinajstić information content (AvgIpc) is 3.10. The van der Waals surface area contributed by atoms with E-state index in [1.807, 2.05) is 0 Å². The van der Waals surface area contributed by atoms with Crippen molar-refractivity contribution in [3.05, 3.63) is 24.4 Å². The highest BCUT2D eigenvalue weighted by atomic mass is 15.0. The lowest BCUT2D eigenvalue weighted by atomic mass is 10.0. The number of aromatic nitrogens is 3. The summed E-state index contributed by atoms with van der Waals surface area (Å²) in [6.45, 7) is 8.66. The van der Waals surface area contributed by atoms with Crippen LogP contribution in [0.4, 0.5) is 0 Å². The summed E-state index contributed by atoms with van der Waals surface area (Å²) in [5, 5.41) is 0. The predicted molar refractivity (Wildman–Crippen MR) is 214 cm³/mol. The summed E-state index contributed by atoms with van der Waals surface area (Å²) < 4.78 is 0. The first kappa shape index (κ1) is 45.0. The second-order valence-electron chi connectivity index (χ2n) is 15.4. The molecule has 0 fully saturated rings. The van der Waals surface area contributed by atoms with Crippen molar-refractivity contribution in [2.45, 2.75) is 264 Å². The van der Waals surface area contributed by atoms with E-state index >= 15 is 0 Å². The summed E-state index contributed by atoms with van der Waals surface area (Å²) in [4.78, 5) is 14.3. The van der Waals surface area contributed by atoms with E-state index < -0.39 is 0 Å². The third-order valence-electron chi connectivity index (χ3n) is 10.5. The minimum atomic E-state index is 0.667. The van der Waals surface area contributed by atoms with Crippen molar-refractivity contribution >= 4 is 0 Å². The van der Waals surface area contributed by atoms with Crippen LogP contribution >= 0.6 is 0 Å². The van der Waals surface area contributed by atoms with Crippen molar-refractivity contribution in [2.75, 3.05) is 0 Å². The smallest absolute Gasteiger partial charge is 0.132 e. The first-order valence-electron chi connectivity index (χ1n) is 22.3. The van der Waals surface area contributed by atoms with Crippen LogP contribution in [0.25, 0.3) is 0 Å². The van der Waals surface area contributed by atoms with Gasteiger partial charge in [0.2, 0.25) is 0 Å². The first-order chi connectivity index (χ1) is 23.8. The molecular weight excluding hydrogens is 583 g/mol. The van der Waals surface area contributed by atoms with Gasteiger partial charge in [-0.05, 0) is 19.8 Å². The van der Waals surface area contributed by atoms with Crippen LogP contribution < -0.4 is 0 Å². The molecule has 1 radical (unpaired) electrons. The van der Waals surface area contributed by atoms with Crippen molar-refractivity contribution in [3.63, 3.8) is 0 Å². The van der Waals surface area contributed by atoms with Crippen molar-refractivity contribution in [1.82, 2.24) is 15.0 Å². The predicted octanol–water partition coefficient (Wildman–Crippen LogP) is 15.4. The van der Waals surface area contributed by atoms with Gasteiger partial charge in [-0.25, -0.2) is 15.0 Å². The van der Waals surface area contributed by atoms with Crippen LogP contribution in [0.2, 0.25) is 0 Å². The molecule has 0 aliphatic rings. The maximum Gasteiger partial charge on any atom is 0.132 e. The Labute approximate surface area is 302 Å². The van der Waals surface area contributed by atoms with Gasteiger partial charge in [-0.1, -0.05) is 232 Å². The second-order valence-corrected chi connectivity index (χ2v) is 15.4. The fraction of sp³-hybridized carbons (Fsp3) is 0.911. The van der Waals surface area contributed by atoms with Crippen LogP contribution in [0.5, 0.6) is 0 Å². The van der Waals surface area contributed by atoms with E-state index in [9.17, 15) is 0 Å². The van der Waals surface area contributed by atoms with E-state index in [1.54, 1.807) is 0 Å². The summed E-state index contributed by atoms with van der Waals surface area (Å²) >= 11 is 0. The topological polar surface area (TPSA) is 38.7 Å². The van der Waals surface area contributed by atoms with Crippen LogP contribution in [-0.4, -0.2) is 15.0 Å². The zero-order valence-corrected chi connectivity index (χ0v) is 33.1. The minimum absolute atomic E-state index is 0.667. The van der Waals surface area contributed by atoms with E-state index in [1.165, 1.54) is 231 Å². The zero-order valence-electron chi connectivity index (χ0n) is 33.1. The van der Waals surface area contributed by atoms with E-state index in [2.05, 4.69) is 20.8 Å². The van der Waals surface area contributed by atoms with Crippen LogP contribution in [0.3, 0.4) is 0 Å². The van der Waals surface area contributed by atoms with Gasteiger partial charge >= 0.3 is 0 Å². The molecule has 0 saturated heterocycles. The number of hydrogen-bond donors (Lipinski definition) is 0. The van der Waals surface area contributed by atoms with Gasteiger partial charge in [-0.3, -0.25) is 0 Å². The Hall–Kier alpha value is -0.990. The molecule has 1 rings (SSSR count). The van der Waals surface area contributed by atoms with Gasteiger partial charge in [0.25, 0.3) is 0 Å². The lowest BCUT2D eigenvalue weighted by Crippen LogP contribution is -2.08. The summed E-state index contributed by atoms with van der Waals surface area (Å²) in [5.41, 5.74) is 0. The zero-order chi connectivity index (χ0) is 34.4. The highest BCUT2D eigenvalue weighted by Gasteiger charge is 2.06. The minimum Gasteiger partial charge on any atom is -0.218 e. The van der Waals surface area contributed by atoms with Gasteiger partial charge in [0.1, 0.15) is 17.5 Å².